The fourth-order valence-electron chi connectivity index (χ4n) is 2.18. The fraction of sp³-hybridized carbons (Fsp3) is 0.200. The number of nitrogens with zero attached hydrogens (tertiary/aromatic N) is 3. The van der Waals surface area contributed by atoms with Crippen LogP contribution in [0.25, 0.3) is 5.65 Å². The Labute approximate surface area is 126 Å². The molecule has 3 rings (SSSR count). The van der Waals surface area contributed by atoms with E-state index in [1.54, 1.807) is 0 Å². The summed E-state index contributed by atoms with van der Waals surface area (Å²) < 4.78 is 15.6. The zero-order valence-electron chi connectivity index (χ0n) is 11.5. The molecule has 0 unspecified atom stereocenters. The molecule has 3 aromatic heterocycles. The Kier molecular flexibility index (Phi) is 3.75. The summed E-state index contributed by atoms with van der Waals surface area (Å²) in [5.41, 5.74) is 3.02. The Balaban J connectivity index is 1.68. The van der Waals surface area contributed by atoms with E-state index in [1.807, 2.05) is 35.9 Å². The molecule has 0 saturated carbocycles. The highest BCUT2D eigenvalue weighted by molar-refractivity contribution is 6.30. The summed E-state index contributed by atoms with van der Waals surface area (Å²) in [5, 5.41) is 3.24. The Bertz CT molecular complexity index is 784. The predicted molar refractivity (Wildman–Crippen MR) is 81.3 cm³/mol. The third-order valence-corrected chi connectivity index (χ3v) is 3.42. The molecule has 0 spiro atoms. The number of hydrogen-bond acceptors (Lipinski definition) is 3. The highest BCUT2D eigenvalue weighted by atomic mass is 35.5. The van der Waals surface area contributed by atoms with Gasteiger partial charge in [-0.3, -0.25) is 0 Å². The zero-order chi connectivity index (χ0) is 14.8. The minimum Gasteiger partial charge on any atom is -0.367 e. The minimum absolute atomic E-state index is 0.208. The van der Waals surface area contributed by atoms with Gasteiger partial charge in [0.1, 0.15) is 5.65 Å². The monoisotopic (exact) mass is 304 g/mol. The lowest BCUT2D eigenvalue weighted by Gasteiger charge is -2.05. The average Bonchev–Trinajstić information content (AvgIpc) is 2.86. The van der Waals surface area contributed by atoms with E-state index in [0.717, 1.165) is 16.9 Å². The van der Waals surface area contributed by atoms with E-state index >= 15 is 0 Å². The second-order valence-corrected chi connectivity index (χ2v) is 5.25. The van der Waals surface area contributed by atoms with Crippen LogP contribution in [0.1, 0.15) is 11.3 Å². The van der Waals surface area contributed by atoms with Gasteiger partial charge in [0, 0.05) is 31.6 Å². The first-order valence-electron chi connectivity index (χ1n) is 6.61. The quantitative estimate of drug-likeness (QED) is 0.802. The summed E-state index contributed by atoms with van der Waals surface area (Å²) in [5.74, 6) is -0.243. The van der Waals surface area contributed by atoms with Crippen LogP contribution >= 0.6 is 11.6 Å². The number of aryl methyl sites for hydroxylation is 1. The smallest absolute Gasteiger partial charge is 0.166 e. The fourth-order valence-corrected chi connectivity index (χ4v) is 2.32. The predicted octanol–water partition coefficient (Wildman–Crippen LogP) is 3.48. The zero-order valence-corrected chi connectivity index (χ0v) is 12.2. The van der Waals surface area contributed by atoms with Crippen molar-refractivity contribution in [1.82, 2.24) is 14.4 Å². The Morgan fingerprint density at radius 1 is 1.43 bits per heavy atom. The van der Waals surface area contributed by atoms with Crippen LogP contribution in [0.15, 0.2) is 36.8 Å². The van der Waals surface area contributed by atoms with Gasteiger partial charge in [-0.05, 0) is 24.6 Å². The van der Waals surface area contributed by atoms with E-state index < -0.39 is 5.82 Å². The molecule has 0 amide bonds. The molecular weight excluding hydrogens is 291 g/mol. The number of pyridine rings is 2. The molecule has 6 heteroatoms. The van der Waals surface area contributed by atoms with Gasteiger partial charge < -0.3 is 9.72 Å². The van der Waals surface area contributed by atoms with Crippen molar-refractivity contribution in [3.8, 4) is 0 Å². The van der Waals surface area contributed by atoms with Gasteiger partial charge in [0.2, 0.25) is 0 Å². The first-order chi connectivity index (χ1) is 10.1. The number of hydrogen-bond donors (Lipinski definition) is 1. The molecular formula is C15H14ClFN4. The maximum absolute atomic E-state index is 13.6. The van der Waals surface area contributed by atoms with E-state index in [-0.39, 0.29) is 10.8 Å². The van der Waals surface area contributed by atoms with E-state index in [1.165, 1.54) is 12.3 Å². The van der Waals surface area contributed by atoms with Crippen LogP contribution in [0.5, 0.6) is 0 Å². The summed E-state index contributed by atoms with van der Waals surface area (Å²) in [6.45, 7) is 2.58. The second-order valence-electron chi connectivity index (χ2n) is 4.82. The van der Waals surface area contributed by atoms with Crippen molar-refractivity contribution in [3.63, 3.8) is 0 Å². The van der Waals surface area contributed by atoms with Crippen molar-refractivity contribution < 1.29 is 4.39 Å². The number of imidazole rings is 1. The second kappa shape index (κ2) is 5.69. The molecule has 0 aliphatic rings. The molecule has 0 fully saturated rings. The van der Waals surface area contributed by atoms with E-state index in [2.05, 4.69) is 15.3 Å². The lowest BCUT2D eigenvalue weighted by molar-refractivity contribution is 0.624. The molecule has 0 atom stereocenters. The molecule has 0 aliphatic carbocycles. The van der Waals surface area contributed by atoms with Crippen molar-refractivity contribution in [2.24, 2.45) is 0 Å². The van der Waals surface area contributed by atoms with Crippen LogP contribution < -0.4 is 5.32 Å². The first-order valence-corrected chi connectivity index (χ1v) is 6.99. The molecule has 0 bridgehead atoms. The molecule has 4 nitrogen and oxygen atoms in total. The molecule has 1 N–H and O–H groups in total. The van der Waals surface area contributed by atoms with Crippen molar-refractivity contribution in [1.29, 1.82) is 0 Å². The van der Waals surface area contributed by atoms with Gasteiger partial charge in [-0.1, -0.05) is 17.7 Å². The van der Waals surface area contributed by atoms with Crippen molar-refractivity contribution >= 4 is 23.1 Å². The van der Waals surface area contributed by atoms with Crippen LogP contribution in [0.3, 0.4) is 0 Å². The van der Waals surface area contributed by atoms with Crippen LogP contribution in [0.2, 0.25) is 5.02 Å². The number of rotatable bonds is 4. The van der Waals surface area contributed by atoms with Crippen molar-refractivity contribution in [3.05, 3.63) is 58.9 Å². The Morgan fingerprint density at radius 3 is 3.05 bits per heavy atom. The Morgan fingerprint density at radius 2 is 2.29 bits per heavy atom. The lowest BCUT2D eigenvalue weighted by atomic mass is 10.3. The third kappa shape index (κ3) is 2.97. The maximum atomic E-state index is 13.6. The highest BCUT2D eigenvalue weighted by Crippen LogP contribution is 2.15. The van der Waals surface area contributed by atoms with Crippen LogP contribution in [-0.4, -0.2) is 20.9 Å². The average molecular weight is 305 g/mol. The molecule has 3 heterocycles. The molecule has 0 saturated heterocycles. The van der Waals surface area contributed by atoms with Gasteiger partial charge in [0.25, 0.3) is 0 Å². The highest BCUT2D eigenvalue weighted by Gasteiger charge is 2.06. The summed E-state index contributed by atoms with van der Waals surface area (Å²) >= 11 is 5.66. The lowest BCUT2D eigenvalue weighted by Crippen LogP contribution is -2.08. The molecule has 108 valence electrons. The summed E-state index contributed by atoms with van der Waals surface area (Å²) in [6.07, 6.45) is 6.05. The molecule has 0 aromatic carbocycles. The van der Waals surface area contributed by atoms with E-state index in [9.17, 15) is 4.39 Å². The maximum Gasteiger partial charge on any atom is 0.166 e. The standard InChI is InChI=1S/C15H14ClFN4/c1-10-3-2-6-21-9-12(20-15(10)21)4-5-18-14-13(17)7-11(16)8-19-14/h2-3,6-9H,4-5H2,1H3,(H,18,19). The van der Waals surface area contributed by atoms with Gasteiger partial charge in [-0.15, -0.1) is 0 Å². The minimum atomic E-state index is -0.451. The molecule has 3 aromatic rings. The van der Waals surface area contributed by atoms with Gasteiger partial charge in [0.15, 0.2) is 11.6 Å². The van der Waals surface area contributed by atoms with E-state index in [0.29, 0.717) is 13.0 Å². The summed E-state index contributed by atoms with van der Waals surface area (Å²) in [7, 11) is 0. The molecule has 21 heavy (non-hydrogen) atoms. The molecule has 0 radical (unpaired) electrons. The number of nitrogens with one attached hydrogen (secondary N) is 1. The summed E-state index contributed by atoms with van der Waals surface area (Å²) in [6, 6.07) is 5.25. The third-order valence-electron chi connectivity index (χ3n) is 3.21. The van der Waals surface area contributed by atoms with Gasteiger partial charge in [-0.2, -0.15) is 0 Å². The SMILES string of the molecule is Cc1cccn2cc(CCNc3ncc(Cl)cc3F)nc12. The van der Waals surface area contributed by atoms with Gasteiger partial charge >= 0.3 is 0 Å². The van der Waals surface area contributed by atoms with Crippen LogP contribution in [-0.2, 0) is 6.42 Å². The number of anilines is 1. The van der Waals surface area contributed by atoms with E-state index in [4.69, 9.17) is 11.6 Å². The first kappa shape index (κ1) is 13.8. The van der Waals surface area contributed by atoms with Gasteiger partial charge in [0.05, 0.1) is 10.7 Å². The van der Waals surface area contributed by atoms with Gasteiger partial charge in [-0.25, -0.2) is 14.4 Å². The van der Waals surface area contributed by atoms with Crippen LogP contribution in [0.4, 0.5) is 10.2 Å². The topological polar surface area (TPSA) is 42.2 Å². The normalized spacial score (nSPS) is 11.0. The van der Waals surface area contributed by atoms with Crippen molar-refractivity contribution in [2.75, 3.05) is 11.9 Å². The van der Waals surface area contributed by atoms with Crippen LogP contribution in [0, 0.1) is 12.7 Å². The summed E-state index contributed by atoms with van der Waals surface area (Å²) in [4.78, 5) is 8.49. The Hall–Kier alpha value is -2.14. The number of aromatic nitrogens is 3. The molecule has 0 aliphatic heterocycles. The number of fused-ring (bicyclic) bond motifs is 1. The van der Waals surface area contributed by atoms with Crippen molar-refractivity contribution in [2.45, 2.75) is 13.3 Å². The number of halogens is 2. The largest absolute Gasteiger partial charge is 0.367 e.